The van der Waals surface area contributed by atoms with Crippen LogP contribution in [0.2, 0.25) is 0 Å². The Bertz CT molecular complexity index is 427. The highest BCUT2D eigenvalue weighted by atomic mass is 35.5. The average molecular weight is 388 g/mol. The fraction of sp³-hybridized carbons (Fsp3) is 0.571. The van der Waals surface area contributed by atoms with E-state index in [-0.39, 0.29) is 49.7 Å². The molecule has 23 heavy (non-hydrogen) atoms. The topological polar surface area (TPSA) is 71.7 Å². The summed E-state index contributed by atoms with van der Waals surface area (Å²) in [5.74, 6) is -0.00696. The number of nitrogens with zero attached hydrogens (tertiary/aromatic N) is 3. The number of aromatic nitrogens is 1. The molecule has 6 nitrogen and oxygen atoms in total. The van der Waals surface area contributed by atoms with Gasteiger partial charge in [0.2, 0.25) is 0 Å². The van der Waals surface area contributed by atoms with Crippen molar-refractivity contribution in [2.24, 2.45) is 5.73 Å². The van der Waals surface area contributed by atoms with Gasteiger partial charge in [-0.1, -0.05) is 6.07 Å². The number of ether oxygens (including phenoxy) is 1. The molecule has 0 aromatic carbocycles. The Morgan fingerprint density at radius 1 is 1.26 bits per heavy atom. The van der Waals surface area contributed by atoms with Crippen molar-refractivity contribution < 1.29 is 9.53 Å². The molecule has 0 aliphatic carbocycles. The number of amides is 1. The molecule has 0 bridgehead atoms. The van der Waals surface area contributed by atoms with Gasteiger partial charge in [0.05, 0.1) is 5.69 Å². The SMILES string of the molecule is COC(CN)C(=O)N1CCN(Cc2ccccn2)CC1.Cl.Cl.Cl. The van der Waals surface area contributed by atoms with Crippen LogP contribution in [-0.4, -0.2) is 66.6 Å². The Morgan fingerprint density at radius 2 is 1.91 bits per heavy atom. The molecule has 2 heterocycles. The Labute approximate surface area is 156 Å². The van der Waals surface area contributed by atoms with Crippen LogP contribution in [0.5, 0.6) is 0 Å². The zero-order valence-corrected chi connectivity index (χ0v) is 15.5. The van der Waals surface area contributed by atoms with E-state index in [1.807, 2.05) is 23.1 Å². The smallest absolute Gasteiger partial charge is 0.253 e. The van der Waals surface area contributed by atoms with Crippen LogP contribution in [0.3, 0.4) is 0 Å². The van der Waals surface area contributed by atoms with Crippen LogP contribution in [-0.2, 0) is 16.1 Å². The molecule has 0 spiro atoms. The molecule has 9 heteroatoms. The maximum atomic E-state index is 12.1. The van der Waals surface area contributed by atoms with Crippen molar-refractivity contribution in [3.63, 3.8) is 0 Å². The Balaban J connectivity index is 0. The van der Waals surface area contributed by atoms with Crippen molar-refractivity contribution in [3.8, 4) is 0 Å². The number of halogens is 3. The van der Waals surface area contributed by atoms with Gasteiger partial charge in [-0.05, 0) is 12.1 Å². The lowest BCUT2D eigenvalue weighted by atomic mass is 10.2. The van der Waals surface area contributed by atoms with Crippen molar-refractivity contribution in [1.29, 1.82) is 0 Å². The largest absolute Gasteiger partial charge is 0.370 e. The second kappa shape index (κ2) is 12.8. The number of nitrogens with two attached hydrogens (primary N) is 1. The fourth-order valence-electron chi connectivity index (χ4n) is 2.35. The zero-order valence-electron chi connectivity index (χ0n) is 13.1. The first kappa shape index (κ1) is 24.6. The van der Waals surface area contributed by atoms with Gasteiger partial charge in [0.15, 0.2) is 0 Å². The number of carbonyl (C=O) groups is 1. The molecular formula is C14H25Cl3N4O2. The first-order valence-electron chi connectivity index (χ1n) is 6.88. The highest BCUT2D eigenvalue weighted by Crippen LogP contribution is 2.08. The molecule has 1 fully saturated rings. The van der Waals surface area contributed by atoms with Crippen LogP contribution >= 0.6 is 37.2 Å². The number of pyridine rings is 1. The number of rotatable bonds is 5. The first-order valence-corrected chi connectivity index (χ1v) is 6.88. The summed E-state index contributed by atoms with van der Waals surface area (Å²) in [5, 5.41) is 0. The molecule has 1 amide bonds. The lowest BCUT2D eigenvalue weighted by Crippen LogP contribution is -2.52. The lowest BCUT2D eigenvalue weighted by molar-refractivity contribution is -0.143. The van der Waals surface area contributed by atoms with Gasteiger partial charge in [-0.15, -0.1) is 37.2 Å². The molecule has 1 saturated heterocycles. The van der Waals surface area contributed by atoms with Crippen molar-refractivity contribution >= 4 is 43.1 Å². The third kappa shape index (κ3) is 7.20. The number of carbonyl (C=O) groups excluding carboxylic acids is 1. The van der Waals surface area contributed by atoms with Gasteiger partial charge in [0, 0.05) is 52.6 Å². The van der Waals surface area contributed by atoms with E-state index in [2.05, 4.69) is 9.88 Å². The van der Waals surface area contributed by atoms with E-state index < -0.39 is 6.10 Å². The summed E-state index contributed by atoms with van der Waals surface area (Å²) in [6, 6.07) is 5.93. The van der Waals surface area contributed by atoms with E-state index >= 15 is 0 Å². The van der Waals surface area contributed by atoms with Crippen molar-refractivity contribution in [2.45, 2.75) is 12.6 Å². The summed E-state index contributed by atoms with van der Waals surface area (Å²) < 4.78 is 5.10. The van der Waals surface area contributed by atoms with E-state index in [1.165, 1.54) is 7.11 Å². The van der Waals surface area contributed by atoms with Gasteiger partial charge in [0.25, 0.3) is 5.91 Å². The van der Waals surface area contributed by atoms with E-state index in [0.29, 0.717) is 13.1 Å². The van der Waals surface area contributed by atoms with Crippen LogP contribution in [0.4, 0.5) is 0 Å². The van der Waals surface area contributed by atoms with E-state index in [0.717, 1.165) is 25.3 Å². The maximum Gasteiger partial charge on any atom is 0.253 e. The predicted octanol–water partition coefficient (Wildman–Crippen LogP) is 0.965. The molecule has 1 aromatic heterocycles. The van der Waals surface area contributed by atoms with Crippen molar-refractivity contribution in [2.75, 3.05) is 39.8 Å². The quantitative estimate of drug-likeness (QED) is 0.815. The third-order valence-corrected chi connectivity index (χ3v) is 3.57. The Kier molecular flexibility index (Phi) is 13.6. The standard InChI is InChI=1S/C14H22N4O2.3ClH/c1-20-13(10-15)14(19)18-8-6-17(7-9-18)11-12-4-2-3-5-16-12;;;/h2-5,13H,6-11,15H2,1H3;3*1H. The van der Waals surface area contributed by atoms with E-state index in [1.54, 1.807) is 6.20 Å². The van der Waals surface area contributed by atoms with Gasteiger partial charge in [0.1, 0.15) is 6.10 Å². The molecule has 1 aliphatic heterocycles. The second-order valence-electron chi connectivity index (χ2n) is 4.88. The minimum Gasteiger partial charge on any atom is -0.370 e. The van der Waals surface area contributed by atoms with Crippen molar-refractivity contribution in [3.05, 3.63) is 30.1 Å². The summed E-state index contributed by atoms with van der Waals surface area (Å²) >= 11 is 0. The average Bonchev–Trinajstić information content (AvgIpc) is 2.50. The molecule has 2 N–H and O–H groups in total. The van der Waals surface area contributed by atoms with E-state index in [4.69, 9.17) is 10.5 Å². The van der Waals surface area contributed by atoms with E-state index in [9.17, 15) is 4.79 Å². The van der Waals surface area contributed by atoms with Crippen LogP contribution in [0.1, 0.15) is 5.69 Å². The molecule has 1 aliphatic rings. The van der Waals surface area contributed by atoms with Gasteiger partial charge in [-0.3, -0.25) is 14.7 Å². The maximum absolute atomic E-state index is 12.1. The molecule has 134 valence electrons. The summed E-state index contributed by atoms with van der Waals surface area (Å²) in [7, 11) is 1.52. The lowest BCUT2D eigenvalue weighted by Gasteiger charge is -2.35. The van der Waals surface area contributed by atoms with Crippen molar-refractivity contribution in [1.82, 2.24) is 14.8 Å². The van der Waals surface area contributed by atoms with Crippen LogP contribution in [0.25, 0.3) is 0 Å². The van der Waals surface area contributed by atoms with Crippen LogP contribution in [0.15, 0.2) is 24.4 Å². The molecule has 1 unspecified atom stereocenters. The van der Waals surface area contributed by atoms with Crippen LogP contribution in [0, 0.1) is 0 Å². The summed E-state index contributed by atoms with van der Waals surface area (Å²) in [5.41, 5.74) is 6.59. The van der Waals surface area contributed by atoms with Gasteiger partial charge in [-0.2, -0.15) is 0 Å². The highest BCUT2D eigenvalue weighted by molar-refractivity contribution is 5.86. The van der Waals surface area contributed by atoms with Gasteiger partial charge >= 0.3 is 0 Å². The fourth-order valence-corrected chi connectivity index (χ4v) is 2.35. The molecule has 0 saturated carbocycles. The Hall–Kier alpha value is -0.630. The number of hydrogen-bond acceptors (Lipinski definition) is 5. The van der Waals surface area contributed by atoms with Gasteiger partial charge < -0.3 is 15.4 Å². The van der Waals surface area contributed by atoms with Gasteiger partial charge in [-0.25, -0.2) is 0 Å². The summed E-state index contributed by atoms with van der Waals surface area (Å²) in [6.07, 6.45) is 1.29. The molecule has 1 aromatic rings. The number of piperazine rings is 1. The zero-order chi connectivity index (χ0) is 14.4. The minimum atomic E-state index is -0.516. The highest BCUT2D eigenvalue weighted by Gasteiger charge is 2.26. The second-order valence-corrected chi connectivity index (χ2v) is 4.88. The monoisotopic (exact) mass is 386 g/mol. The molecule has 0 radical (unpaired) electrons. The number of hydrogen-bond donors (Lipinski definition) is 1. The Morgan fingerprint density at radius 3 is 2.39 bits per heavy atom. The summed E-state index contributed by atoms with van der Waals surface area (Å²) in [6.45, 7) is 4.18. The number of methoxy groups -OCH3 is 1. The predicted molar refractivity (Wildman–Crippen MR) is 97.7 cm³/mol. The summed E-state index contributed by atoms with van der Waals surface area (Å²) in [4.78, 5) is 20.6. The first-order chi connectivity index (χ1) is 9.74. The van der Waals surface area contributed by atoms with Crippen LogP contribution < -0.4 is 5.73 Å². The molecule has 1 atom stereocenters. The molecule has 2 rings (SSSR count). The third-order valence-electron chi connectivity index (χ3n) is 3.57. The minimum absolute atomic E-state index is 0. The normalized spacial score (nSPS) is 15.7. The molecular weight excluding hydrogens is 363 g/mol.